The molecule has 0 spiro atoms. The van der Waals surface area contributed by atoms with Crippen LogP contribution in [0.25, 0.3) is 0 Å². The van der Waals surface area contributed by atoms with Gasteiger partial charge in [-0.3, -0.25) is 4.21 Å². The Kier molecular flexibility index (Phi) is 5.32. The average molecular weight is 241 g/mol. The van der Waals surface area contributed by atoms with Gasteiger partial charge in [-0.05, 0) is 24.1 Å². The van der Waals surface area contributed by atoms with Crippen molar-refractivity contribution in [3.8, 4) is 5.75 Å². The Bertz CT molecular complexity index is 366. The highest BCUT2D eigenvalue weighted by atomic mass is 32.2. The van der Waals surface area contributed by atoms with Crippen molar-refractivity contribution >= 4 is 16.5 Å². The Morgan fingerprint density at radius 1 is 1.38 bits per heavy atom. The maximum atomic E-state index is 11.7. The van der Waals surface area contributed by atoms with E-state index in [4.69, 9.17) is 10.5 Å². The second-order valence-corrected chi connectivity index (χ2v) is 5.33. The largest absolute Gasteiger partial charge is 0.497 e. The lowest BCUT2D eigenvalue weighted by Gasteiger charge is -2.06. The van der Waals surface area contributed by atoms with Crippen molar-refractivity contribution in [3.63, 3.8) is 0 Å². The number of unbranched alkanes of at least 4 members (excludes halogenated alkanes) is 1. The normalized spacial score (nSPS) is 12.4. The number of ether oxygens (including phenoxy) is 1. The molecule has 0 bridgehead atoms. The van der Waals surface area contributed by atoms with Gasteiger partial charge in [-0.1, -0.05) is 13.3 Å². The summed E-state index contributed by atoms with van der Waals surface area (Å²) in [6, 6.07) is 5.50. The molecule has 0 aromatic heterocycles. The van der Waals surface area contributed by atoms with E-state index in [1.54, 1.807) is 13.2 Å². The first-order valence-corrected chi connectivity index (χ1v) is 6.93. The highest BCUT2D eigenvalue weighted by molar-refractivity contribution is 7.84. The van der Waals surface area contributed by atoms with E-state index in [1.165, 1.54) is 0 Å². The fourth-order valence-corrected chi connectivity index (χ4v) is 2.74. The molecule has 1 atom stereocenters. The Morgan fingerprint density at radius 3 is 2.75 bits per heavy atom. The summed E-state index contributed by atoms with van der Waals surface area (Å²) in [6.45, 7) is 2.10. The second-order valence-electron chi connectivity index (χ2n) is 3.76. The molecule has 0 aliphatic carbocycles. The molecule has 0 aliphatic rings. The van der Waals surface area contributed by atoms with Crippen LogP contribution in [-0.4, -0.2) is 17.1 Å². The first-order valence-electron chi connectivity index (χ1n) is 5.44. The van der Waals surface area contributed by atoms with Crippen molar-refractivity contribution in [2.24, 2.45) is 0 Å². The smallest absolute Gasteiger partial charge is 0.121 e. The number of methoxy groups -OCH3 is 1. The van der Waals surface area contributed by atoms with Crippen molar-refractivity contribution in [1.29, 1.82) is 0 Å². The molecule has 1 aromatic carbocycles. The first kappa shape index (κ1) is 13.0. The summed E-state index contributed by atoms with van der Waals surface area (Å²) in [5.41, 5.74) is 7.36. The maximum Gasteiger partial charge on any atom is 0.121 e. The van der Waals surface area contributed by atoms with Gasteiger partial charge in [-0.15, -0.1) is 0 Å². The molecule has 0 fully saturated rings. The van der Waals surface area contributed by atoms with Gasteiger partial charge in [0.2, 0.25) is 0 Å². The Labute approximate surface area is 99.4 Å². The zero-order valence-corrected chi connectivity index (χ0v) is 10.7. The summed E-state index contributed by atoms with van der Waals surface area (Å²) in [5, 5.41) is 0. The van der Waals surface area contributed by atoms with E-state index < -0.39 is 10.8 Å². The van der Waals surface area contributed by atoms with Crippen molar-refractivity contribution < 1.29 is 8.95 Å². The number of nitrogens with two attached hydrogens (primary N) is 1. The van der Waals surface area contributed by atoms with Crippen molar-refractivity contribution in [1.82, 2.24) is 0 Å². The molecule has 1 aromatic rings. The number of benzene rings is 1. The van der Waals surface area contributed by atoms with Crippen LogP contribution < -0.4 is 10.5 Å². The van der Waals surface area contributed by atoms with E-state index in [1.807, 2.05) is 12.1 Å². The molecule has 0 saturated carbocycles. The Morgan fingerprint density at radius 2 is 2.12 bits per heavy atom. The minimum Gasteiger partial charge on any atom is -0.497 e. The quantitative estimate of drug-likeness (QED) is 0.778. The first-order chi connectivity index (χ1) is 7.65. The zero-order valence-electron chi connectivity index (χ0n) is 9.86. The van der Waals surface area contributed by atoms with E-state index in [2.05, 4.69) is 6.92 Å². The van der Waals surface area contributed by atoms with E-state index in [0.29, 0.717) is 11.4 Å². The van der Waals surface area contributed by atoms with E-state index in [9.17, 15) is 4.21 Å². The summed E-state index contributed by atoms with van der Waals surface area (Å²) in [4.78, 5) is 0. The molecule has 0 aliphatic heterocycles. The number of nitrogen functional groups attached to an aromatic ring is 1. The predicted octanol–water partition coefficient (Wildman–Crippen LogP) is 2.33. The van der Waals surface area contributed by atoms with Crippen molar-refractivity contribution in [2.75, 3.05) is 18.6 Å². The van der Waals surface area contributed by atoms with Crippen molar-refractivity contribution in [3.05, 3.63) is 23.8 Å². The van der Waals surface area contributed by atoms with Crippen LogP contribution in [-0.2, 0) is 16.6 Å². The molecule has 3 nitrogen and oxygen atoms in total. The van der Waals surface area contributed by atoms with Crippen LogP contribution in [0.4, 0.5) is 5.69 Å². The minimum atomic E-state index is -0.801. The van der Waals surface area contributed by atoms with E-state index >= 15 is 0 Å². The van der Waals surface area contributed by atoms with Gasteiger partial charge < -0.3 is 10.5 Å². The lowest BCUT2D eigenvalue weighted by molar-refractivity contribution is 0.414. The van der Waals surface area contributed by atoms with Gasteiger partial charge in [0.05, 0.1) is 7.11 Å². The highest BCUT2D eigenvalue weighted by Crippen LogP contribution is 2.19. The summed E-state index contributed by atoms with van der Waals surface area (Å²) in [5.74, 6) is 2.04. The third-order valence-electron chi connectivity index (χ3n) is 2.28. The van der Waals surface area contributed by atoms with Crippen LogP contribution in [0.5, 0.6) is 5.75 Å². The Hall–Kier alpha value is -1.03. The molecule has 1 unspecified atom stereocenters. The van der Waals surface area contributed by atoms with Gasteiger partial charge in [0.15, 0.2) is 0 Å². The molecule has 0 heterocycles. The summed E-state index contributed by atoms with van der Waals surface area (Å²) in [6.07, 6.45) is 2.08. The van der Waals surface area contributed by atoms with Gasteiger partial charge in [0, 0.05) is 34.1 Å². The summed E-state index contributed by atoms with van der Waals surface area (Å²) in [7, 11) is 0.803. The van der Waals surface area contributed by atoms with E-state index in [0.717, 1.165) is 29.9 Å². The number of anilines is 1. The predicted molar refractivity (Wildman–Crippen MR) is 69.0 cm³/mol. The topological polar surface area (TPSA) is 52.3 Å². The fraction of sp³-hybridized carbons (Fsp3) is 0.500. The van der Waals surface area contributed by atoms with Crippen LogP contribution in [0.15, 0.2) is 18.2 Å². The van der Waals surface area contributed by atoms with Crippen LogP contribution in [0.2, 0.25) is 0 Å². The lowest BCUT2D eigenvalue weighted by Crippen LogP contribution is -2.02. The average Bonchev–Trinajstić information content (AvgIpc) is 2.25. The molecule has 0 radical (unpaired) electrons. The monoisotopic (exact) mass is 241 g/mol. The van der Waals surface area contributed by atoms with Gasteiger partial charge in [-0.2, -0.15) is 0 Å². The summed E-state index contributed by atoms with van der Waals surface area (Å²) >= 11 is 0. The molecular weight excluding hydrogens is 222 g/mol. The van der Waals surface area contributed by atoms with Crippen LogP contribution >= 0.6 is 0 Å². The summed E-state index contributed by atoms with van der Waals surface area (Å²) < 4.78 is 16.8. The third-order valence-corrected chi connectivity index (χ3v) is 3.68. The molecule has 90 valence electrons. The number of hydrogen-bond donors (Lipinski definition) is 1. The van der Waals surface area contributed by atoms with E-state index in [-0.39, 0.29) is 0 Å². The zero-order chi connectivity index (χ0) is 12.0. The number of hydrogen-bond acceptors (Lipinski definition) is 3. The molecule has 2 N–H and O–H groups in total. The molecule has 0 saturated heterocycles. The maximum absolute atomic E-state index is 11.7. The van der Waals surface area contributed by atoms with Crippen LogP contribution in [0.1, 0.15) is 25.3 Å². The fourth-order valence-electron chi connectivity index (χ4n) is 1.45. The van der Waals surface area contributed by atoms with Crippen molar-refractivity contribution in [2.45, 2.75) is 25.5 Å². The van der Waals surface area contributed by atoms with Crippen LogP contribution in [0, 0.1) is 0 Å². The number of rotatable bonds is 6. The molecular formula is C12H19NO2S. The van der Waals surface area contributed by atoms with Gasteiger partial charge >= 0.3 is 0 Å². The SMILES string of the molecule is CCCCS(=O)Cc1cc(N)cc(OC)c1. The molecule has 4 heteroatoms. The minimum absolute atomic E-state index is 0.557. The third kappa shape index (κ3) is 4.23. The molecule has 1 rings (SSSR count). The molecule has 0 amide bonds. The molecule has 16 heavy (non-hydrogen) atoms. The second kappa shape index (κ2) is 6.53. The van der Waals surface area contributed by atoms with Gasteiger partial charge in [-0.25, -0.2) is 0 Å². The Balaban J connectivity index is 2.65. The van der Waals surface area contributed by atoms with Gasteiger partial charge in [0.25, 0.3) is 0 Å². The highest BCUT2D eigenvalue weighted by Gasteiger charge is 2.04. The van der Waals surface area contributed by atoms with Gasteiger partial charge in [0.1, 0.15) is 5.75 Å². The lowest BCUT2D eigenvalue weighted by atomic mass is 10.2. The standard InChI is InChI=1S/C12H19NO2S/c1-3-4-5-16(14)9-10-6-11(13)8-12(7-10)15-2/h6-8H,3-5,9,13H2,1-2H3. The van der Waals surface area contributed by atoms with Crippen LogP contribution in [0.3, 0.4) is 0 Å².